The summed E-state index contributed by atoms with van der Waals surface area (Å²) in [4.78, 5) is 4.45. The van der Waals surface area contributed by atoms with E-state index >= 15 is 0 Å². The quantitative estimate of drug-likeness (QED) is 0.408. The lowest BCUT2D eigenvalue weighted by Crippen LogP contribution is -2.03. The van der Waals surface area contributed by atoms with E-state index in [9.17, 15) is 17.2 Å². The highest BCUT2D eigenvalue weighted by molar-refractivity contribution is 7.91. The molecule has 0 spiro atoms. The van der Waals surface area contributed by atoms with Gasteiger partial charge in [0.2, 0.25) is 0 Å². The summed E-state index contributed by atoms with van der Waals surface area (Å²) in [5, 5.41) is 0. The zero-order valence-electron chi connectivity index (χ0n) is 17.0. The van der Waals surface area contributed by atoms with Gasteiger partial charge >= 0.3 is 0 Å². The van der Waals surface area contributed by atoms with Gasteiger partial charge < -0.3 is 0 Å². The molecule has 0 aliphatic rings. The first-order chi connectivity index (χ1) is 14.8. The predicted octanol–water partition coefficient (Wildman–Crippen LogP) is 5.59. The summed E-state index contributed by atoms with van der Waals surface area (Å²) < 4.78 is 54.7. The van der Waals surface area contributed by atoms with Crippen molar-refractivity contribution < 1.29 is 17.2 Å². The molecule has 31 heavy (non-hydrogen) atoms. The molecule has 0 fully saturated rings. The highest BCUT2D eigenvalue weighted by atomic mass is 32.2. The molecule has 4 nitrogen and oxygen atoms in total. The molecule has 0 saturated heterocycles. The molecular formula is C24H20F2N2O2S. The summed E-state index contributed by atoms with van der Waals surface area (Å²) in [5.41, 5.74) is 2.99. The minimum Gasteiger partial charge on any atom is -0.299 e. The van der Waals surface area contributed by atoms with Gasteiger partial charge in [-0.3, -0.25) is 4.57 Å². The van der Waals surface area contributed by atoms with E-state index in [4.69, 9.17) is 0 Å². The van der Waals surface area contributed by atoms with E-state index in [-0.39, 0.29) is 22.0 Å². The molecule has 1 heterocycles. The molecule has 0 aliphatic heterocycles. The van der Waals surface area contributed by atoms with Crippen molar-refractivity contribution in [1.82, 2.24) is 9.55 Å². The van der Waals surface area contributed by atoms with Crippen molar-refractivity contribution in [1.29, 1.82) is 0 Å². The van der Waals surface area contributed by atoms with Gasteiger partial charge in [-0.05, 0) is 60.0 Å². The number of hydrogen-bond donors (Lipinski definition) is 0. The smallest absolute Gasteiger partial charge is 0.178 e. The Balaban J connectivity index is 1.78. The number of imidazole rings is 1. The van der Waals surface area contributed by atoms with Crippen LogP contribution >= 0.6 is 0 Å². The van der Waals surface area contributed by atoms with Crippen LogP contribution in [0.3, 0.4) is 0 Å². The summed E-state index contributed by atoms with van der Waals surface area (Å²) >= 11 is 0. The average Bonchev–Trinajstić information content (AvgIpc) is 3.22. The zero-order chi connectivity index (χ0) is 22.2. The minimum absolute atomic E-state index is 0.0322. The Morgan fingerprint density at radius 3 is 2.29 bits per heavy atom. The molecule has 1 aromatic heterocycles. The molecule has 4 aromatic rings. The number of hydrogen-bond acceptors (Lipinski definition) is 3. The van der Waals surface area contributed by atoms with E-state index in [0.29, 0.717) is 0 Å². The van der Waals surface area contributed by atoms with E-state index < -0.39 is 21.5 Å². The largest absolute Gasteiger partial charge is 0.299 e. The Morgan fingerprint density at radius 1 is 0.935 bits per heavy atom. The second-order valence-corrected chi connectivity index (χ2v) is 9.43. The Bertz CT molecular complexity index is 1360. The number of benzene rings is 3. The van der Waals surface area contributed by atoms with Crippen LogP contribution in [-0.4, -0.2) is 23.7 Å². The highest BCUT2D eigenvalue weighted by Crippen LogP contribution is 2.30. The lowest BCUT2D eigenvalue weighted by molar-refractivity contribution is 0.587. The zero-order valence-corrected chi connectivity index (χ0v) is 17.8. The molecule has 0 amide bonds. The van der Waals surface area contributed by atoms with Gasteiger partial charge in [-0.25, -0.2) is 22.2 Å². The third kappa shape index (κ3) is 3.88. The summed E-state index contributed by atoms with van der Waals surface area (Å²) in [5.74, 6) is -1.17. The summed E-state index contributed by atoms with van der Waals surface area (Å²) in [7, 11) is -3.31. The van der Waals surface area contributed by atoms with Gasteiger partial charge in [0, 0.05) is 12.4 Å². The van der Waals surface area contributed by atoms with E-state index in [1.54, 1.807) is 35.9 Å². The van der Waals surface area contributed by atoms with Crippen LogP contribution < -0.4 is 0 Å². The van der Waals surface area contributed by atoms with E-state index in [1.807, 2.05) is 31.2 Å². The van der Waals surface area contributed by atoms with Crippen LogP contribution in [0.4, 0.5) is 8.78 Å². The minimum atomic E-state index is -3.31. The first-order valence-corrected chi connectivity index (χ1v) is 11.4. The standard InChI is InChI=1S/C24H20F2N2O2S/c1-3-31(29,30)19-7-4-6-17(15-19)18-10-11-22(16(2)14-18)28-13-12-27-24(28)23-20(25)8-5-9-21(23)26/h4-15H,3H2,1-2H3. The Labute approximate surface area is 179 Å². The Hall–Kier alpha value is -3.32. The van der Waals surface area contributed by atoms with Crippen molar-refractivity contribution in [3.8, 4) is 28.2 Å². The summed E-state index contributed by atoms with van der Waals surface area (Å²) in [6.45, 7) is 3.50. The molecule has 4 rings (SSSR count). The fourth-order valence-electron chi connectivity index (χ4n) is 3.54. The van der Waals surface area contributed by atoms with E-state index in [1.165, 1.54) is 24.4 Å². The van der Waals surface area contributed by atoms with Gasteiger partial charge in [-0.1, -0.05) is 31.2 Å². The number of rotatable bonds is 5. The molecule has 0 unspecified atom stereocenters. The summed E-state index contributed by atoms with van der Waals surface area (Å²) in [6.07, 6.45) is 3.14. The molecule has 3 aromatic carbocycles. The monoisotopic (exact) mass is 438 g/mol. The first kappa shape index (κ1) is 20.9. The lowest BCUT2D eigenvalue weighted by Gasteiger charge is -2.14. The van der Waals surface area contributed by atoms with Crippen LogP contribution in [0, 0.1) is 18.6 Å². The molecular weight excluding hydrogens is 418 g/mol. The SMILES string of the molecule is CCS(=O)(=O)c1cccc(-c2ccc(-n3ccnc3-c3c(F)cccc3F)c(C)c2)c1. The molecule has 7 heteroatoms. The molecule has 0 radical (unpaired) electrons. The van der Waals surface area contributed by atoms with Crippen molar-refractivity contribution >= 4 is 9.84 Å². The van der Waals surface area contributed by atoms with Crippen LogP contribution in [0.25, 0.3) is 28.2 Å². The maximum atomic E-state index is 14.3. The van der Waals surface area contributed by atoms with Gasteiger partial charge in [-0.2, -0.15) is 0 Å². The second kappa shape index (κ2) is 8.07. The van der Waals surface area contributed by atoms with Crippen molar-refractivity contribution in [3.05, 3.63) is 90.3 Å². The average molecular weight is 438 g/mol. The highest BCUT2D eigenvalue weighted by Gasteiger charge is 2.18. The van der Waals surface area contributed by atoms with E-state index in [2.05, 4.69) is 4.98 Å². The number of halogens is 2. The van der Waals surface area contributed by atoms with Gasteiger partial charge in [0.15, 0.2) is 9.84 Å². The van der Waals surface area contributed by atoms with Gasteiger partial charge in [0.25, 0.3) is 0 Å². The third-order valence-electron chi connectivity index (χ3n) is 5.19. The summed E-state index contributed by atoms with van der Waals surface area (Å²) in [6, 6.07) is 16.1. The molecule has 0 N–H and O–H groups in total. The fraction of sp³-hybridized carbons (Fsp3) is 0.125. The van der Waals surface area contributed by atoms with Gasteiger partial charge in [0.05, 0.1) is 21.9 Å². The van der Waals surface area contributed by atoms with Crippen LogP contribution in [0.1, 0.15) is 12.5 Å². The maximum Gasteiger partial charge on any atom is 0.178 e. The fourth-order valence-corrected chi connectivity index (χ4v) is 4.46. The molecule has 0 atom stereocenters. The molecule has 158 valence electrons. The number of sulfone groups is 1. The first-order valence-electron chi connectivity index (χ1n) is 9.74. The molecule has 0 bridgehead atoms. The number of aryl methyl sites for hydroxylation is 1. The normalized spacial score (nSPS) is 11.6. The number of nitrogens with zero attached hydrogens (tertiary/aromatic N) is 2. The molecule has 0 saturated carbocycles. The maximum absolute atomic E-state index is 14.3. The van der Waals surface area contributed by atoms with Crippen molar-refractivity contribution in [3.63, 3.8) is 0 Å². The van der Waals surface area contributed by atoms with Crippen molar-refractivity contribution in [2.75, 3.05) is 5.75 Å². The third-order valence-corrected chi connectivity index (χ3v) is 6.92. The van der Waals surface area contributed by atoms with Gasteiger partial charge in [-0.15, -0.1) is 0 Å². The molecule has 0 aliphatic carbocycles. The van der Waals surface area contributed by atoms with Crippen molar-refractivity contribution in [2.24, 2.45) is 0 Å². The predicted molar refractivity (Wildman–Crippen MR) is 117 cm³/mol. The van der Waals surface area contributed by atoms with Crippen LogP contribution in [0.15, 0.2) is 78.0 Å². The van der Waals surface area contributed by atoms with Crippen LogP contribution in [0.2, 0.25) is 0 Å². The van der Waals surface area contributed by atoms with Crippen molar-refractivity contribution in [2.45, 2.75) is 18.7 Å². The number of aromatic nitrogens is 2. The van der Waals surface area contributed by atoms with Crippen LogP contribution in [0.5, 0.6) is 0 Å². The lowest BCUT2D eigenvalue weighted by atomic mass is 10.0. The second-order valence-electron chi connectivity index (χ2n) is 7.15. The van der Waals surface area contributed by atoms with E-state index in [0.717, 1.165) is 22.4 Å². The van der Waals surface area contributed by atoms with Gasteiger partial charge in [0.1, 0.15) is 17.5 Å². The Kier molecular flexibility index (Phi) is 5.45. The van der Waals surface area contributed by atoms with Crippen LogP contribution in [-0.2, 0) is 9.84 Å². The Morgan fingerprint density at radius 2 is 1.61 bits per heavy atom. The topological polar surface area (TPSA) is 52.0 Å².